The van der Waals surface area contributed by atoms with E-state index in [1.54, 1.807) is 28.6 Å². The van der Waals surface area contributed by atoms with E-state index in [1.807, 2.05) is 0 Å². The molecule has 1 aliphatic heterocycles. The summed E-state index contributed by atoms with van der Waals surface area (Å²) in [5.41, 5.74) is 0.580. The fraction of sp³-hybridized carbons (Fsp3) is 0.650. The van der Waals surface area contributed by atoms with Crippen LogP contribution in [-0.4, -0.2) is 31.7 Å². The Kier molecular flexibility index (Phi) is 5.06. The van der Waals surface area contributed by atoms with Crippen molar-refractivity contribution in [3.8, 4) is 0 Å². The summed E-state index contributed by atoms with van der Waals surface area (Å²) >= 11 is 0. The summed E-state index contributed by atoms with van der Waals surface area (Å²) in [7, 11) is -3.47. The summed E-state index contributed by atoms with van der Waals surface area (Å²) < 4.78 is 27.2. The SMILES string of the molecule is O=C(CC1CC2CCC1C2)Nc1cccc(S(=O)(=O)N2CCCCC2)c1. The Hall–Kier alpha value is -1.40. The Morgan fingerprint density at radius 1 is 1.12 bits per heavy atom. The number of rotatable bonds is 5. The van der Waals surface area contributed by atoms with Crippen LogP contribution in [0.15, 0.2) is 29.2 Å². The molecule has 3 atom stereocenters. The van der Waals surface area contributed by atoms with E-state index in [4.69, 9.17) is 0 Å². The maximum Gasteiger partial charge on any atom is 0.243 e. The highest BCUT2D eigenvalue weighted by Gasteiger charge is 2.40. The Bertz CT molecular complexity index is 771. The molecule has 0 aromatic heterocycles. The van der Waals surface area contributed by atoms with Gasteiger partial charge in [0.05, 0.1) is 4.90 Å². The van der Waals surface area contributed by atoms with Crippen LogP contribution in [0.5, 0.6) is 0 Å². The second kappa shape index (κ2) is 7.31. The normalized spacial score (nSPS) is 29.0. The molecule has 1 aromatic rings. The zero-order valence-corrected chi connectivity index (χ0v) is 16.0. The van der Waals surface area contributed by atoms with Crippen LogP contribution < -0.4 is 5.32 Å². The first-order chi connectivity index (χ1) is 12.5. The van der Waals surface area contributed by atoms with Gasteiger partial charge in [-0.15, -0.1) is 0 Å². The Balaban J connectivity index is 1.41. The largest absolute Gasteiger partial charge is 0.326 e. The fourth-order valence-electron chi connectivity index (χ4n) is 5.07. The summed E-state index contributed by atoms with van der Waals surface area (Å²) in [5, 5.41) is 2.92. The van der Waals surface area contributed by atoms with Gasteiger partial charge in [0, 0.05) is 25.2 Å². The second-order valence-corrected chi connectivity index (χ2v) is 10.1. The number of benzene rings is 1. The maximum absolute atomic E-state index is 12.8. The third-order valence-corrected chi connectivity index (χ3v) is 8.30. The first-order valence-electron chi connectivity index (χ1n) is 9.92. The molecule has 1 aromatic carbocycles. The molecular formula is C20H28N2O3S. The number of fused-ring (bicyclic) bond motifs is 2. The van der Waals surface area contributed by atoms with Crippen LogP contribution in [0.2, 0.25) is 0 Å². The minimum Gasteiger partial charge on any atom is -0.326 e. The molecule has 1 heterocycles. The van der Waals surface area contributed by atoms with Gasteiger partial charge in [0.25, 0.3) is 0 Å². The molecule has 2 aliphatic carbocycles. The van der Waals surface area contributed by atoms with Crippen molar-refractivity contribution in [2.45, 2.75) is 56.3 Å². The van der Waals surface area contributed by atoms with Crippen molar-refractivity contribution in [3.63, 3.8) is 0 Å². The van der Waals surface area contributed by atoms with E-state index < -0.39 is 10.0 Å². The Morgan fingerprint density at radius 3 is 2.62 bits per heavy atom. The average Bonchev–Trinajstić information content (AvgIpc) is 3.25. The molecule has 1 amide bonds. The van der Waals surface area contributed by atoms with E-state index in [0.29, 0.717) is 31.1 Å². The van der Waals surface area contributed by atoms with E-state index in [0.717, 1.165) is 31.1 Å². The predicted molar refractivity (Wildman–Crippen MR) is 101 cm³/mol. The maximum atomic E-state index is 12.8. The van der Waals surface area contributed by atoms with Gasteiger partial charge < -0.3 is 5.32 Å². The highest BCUT2D eigenvalue weighted by molar-refractivity contribution is 7.89. The van der Waals surface area contributed by atoms with E-state index >= 15 is 0 Å². The summed E-state index contributed by atoms with van der Waals surface area (Å²) in [4.78, 5) is 12.7. The van der Waals surface area contributed by atoms with Crippen LogP contribution in [0.1, 0.15) is 51.4 Å². The van der Waals surface area contributed by atoms with Crippen LogP contribution in [0.3, 0.4) is 0 Å². The zero-order valence-electron chi connectivity index (χ0n) is 15.2. The molecule has 6 heteroatoms. The predicted octanol–water partition coefficient (Wildman–Crippen LogP) is 3.63. The molecule has 2 saturated carbocycles. The van der Waals surface area contributed by atoms with E-state index in [9.17, 15) is 13.2 Å². The van der Waals surface area contributed by atoms with Crippen LogP contribution in [0, 0.1) is 17.8 Å². The molecule has 1 N–H and O–H groups in total. The number of anilines is 1. The van der Waals surface area contributed by atoms with Crippen LogP contribution >= 0.6 is 0 Å². The lowest BCUT2D eigenvalue weighted by atomic mass is 9.86. The lowest BCUT2D eigenvalue weighted by Gasteiger charge is -2.26. The van der Waals surface area contributed by atoms with Crippen LogP contribution in [0.25, 0.3) is 0 Å². The number of hydrogen-bond donors (Lipinski definition) is 1. The van der Waals surface area contributed by atoms with Gasteiger partial charge >= 0.3 is 0 Å². The van der Waals surface area contributed by atoms with E-state index in [2.05, 4.69) is 5.32 Å². The summed E-state index contributed by atoms with van der Waals surface area (Å²) in [6.07, 6.45) is 8.56. The molecular weight excluding hydrogens is 348 g/mol. The number of nitrogens with zero attached hydrogens (tertiary/aromatic N) is 1. The van der Waals surface area contributed by atoms with Gasteiger partial charge in [-0.25, -0.2) is 8.42 Å². The first-order valence-corrected chi connectivity index (χ1v) is 11.4. The highest BCUT2D eigenvalue weighted by atomic mass is 32.2. The van der Waals surface area contributed by atoms with E-state index in [1.165, 1.54) is 25.7 Å². The third kappa shape index (κ3) is 3.67. The van der Waals surface area contributed by atoms with Gasteiger partial charge in [-0.3, -0.25) is 4.79 Å². The smallest absolute Gasteiger partial charge is 0.243 e. The van der Waals surface area contributed by atoms with Crippen molar-refractivity contribution in [1.82, 2.24) is 4.31 Å². The van der Waals surface area contributed by atoms with Crippen molar-refractivity contribution < 1.29 is 13.2 Å². The van der Waals surface area contributed by atoms with Gasteiger partial charge in [0.2, 0.25) is 15.9 Å². The molecule has 4 rings (SSSR count). The van der Waals surface area contributed by atoms with E-state index in [-0.39, 0.29) is 10.8 Å². The number of carbonyl (C=O) groups is 1. The monoisotopic (exact) mass is 376 g/mol. The third-order valence-electron chi connectivity index (χ3n) is 6.40. The Morgan fingerprint density at radius 2 is 1.92 bits per heavy atom. The van der Waals surface area contributed by atoms with Crippen molar-refractivity contribution in [2.24, 2.45) is 17.8 Å². The lowest BCUT2D eigenvalue weighted by molar-refractivity contribution is -0.117. The van der Waals surface area contributed by atoms with Crippen molar-refractivity contribution in [3.05, 3.63) is 24.3 Å². The molecule has 5 nitrogen and oxygen atoms in total. The zero-order chi connectivity index (χ0) is 18.1. The standard InChI is InChI=1S/C20H28N2O3S/c23-20(13-17-12-15-7-8-16(17)11-15)21-18-5-4-6-19(14-18)26(24,25)22-9-2-1-3-10-22/h4-6,14-17H,1-3,7-13H2,(H,21,23). The van der Waals surface area contributed by atoms with Gasteiger partial charge in [-0.2, -0.15) is 4.31 Å². The molecule has 142 valence electrons. The topological polar surface area (TPSA) is 66.5 Å². The number of amides is 1. The fourth-order valence-corrected chi connectivity index (χ4v) is 6.63. The van der Waals surface area contributed by atoms with Gasteiger partial charge in [0.1, 0.15) is 0 Å². The van der Waals surface area contributed by atoms with Crippen molar-refractivity contribution in [2.75, 3.05) is 18.4 Å². The highest BCUT2D eigenvalue weighted by Crippen LogP contribution is 2.49. The molecule has 0 radical (unpaired) electrons. The first kappa shape index (κ1) is 18.0. The summed E-state index contributed by atoms with van der Waals surface area (Å²) in [6, 6.07) is 6.70. The van der Waals surface area contributed by atoms with Crippen molar-refractivity contribution in [1.29, 1.82) is 0 Å². The number of carbonyl (C=O) groups excluding carboxylic acids is 1. The molecule has 3 aliphatic rings. The second-order valence-electron chi connectivity index (χ2n) is 8.18. The Labute approximate surface area is 156 Å². The average molecular weight is 377 g/mol. The van der Waals surface area contributed by atoms with Gasteiger partial charge in [0.15, 0.2) is 0 Å². The minimum atomic E-state index is -3.47. The van der Waals surface area contributed by atoms with Crippen LogP contribution in [0.4, 0.5) is 5.69 Å². The number of hydrogen-bond acceptors (Lipinski definition) is 3. The summed E-state index contributed by atoms with van der Waals surface area (Å²) in [5.74, 6) is 2.07. The number of sulfonamides is 1. The molecule has 2 bridgehead atoms. The number of nitrogens with one attached hydrogen (secondary N) is 1. The molecule has 26 heavy (non-hydrogen) atoms. The molecule has 0 spiro atoms. The quantitative estimate of drug-likeness (QED) is 0.853. The van der Waals surface area contributed by atoms with Crippen LogP contribution in [-0.2, 0) is 14.8 Å². The molecule has 3 fully saturated rings. The molecule has 1 saturated heterocycles. The number of piperidine rings is 1. The minimum absolute atomic E-state index is 0.00932. The van der Waals surface area contributed by atoms with Gasteiger partial charge in [-0.05, 0) is 68.1 Å². The van der Waals surface area contributed by atoms with Crippen molar-refractivity contribution >= 4 is 21.6 Å². The summed E-state index contributed by atoms with van der Waals surface area (Å²) in [6.45, 7) is 1.17. The lowest BCUT2D eigenvalue weighted by Crippen LogP contribution is -2.35. The van der Waals surface area contributed by atoms with Gasteiger partial charge in [-0.1, -0.05) is 18.9 Å². The molecule has 3 unspecified atom stereocenters.